The van der Waals surface area contributed by atoms with Gasteiger partial charge in [0.15, 0.2) is 11.5 Å². The van der Waals surface area contributed by atoms with Gasteiger partial charge in [-0.15, -0.1) is 10.2 Å². The number of hydrogen-bond donors (Lipinski definition) is 0. The lowest BCUT2D eigenvalue weighted by molar-refractivity contribution is 0.171. The highest BCUT2D eigenvalue weighted by atomic mass is 35.5. The zero-order chi connectivity index (χ0) is 14.1. The van der Waals surface area contributed by atoms with Crippen LogP contribution in [0.2, 0.25) is 5.02 Å². The Balaban J connectivity index is 1.89. The first-order valence-electron chi connectivity index (χ1n) is 5.95. The summed E-state index contributed by atoms with van der Waals surface area (Å²) in [5.74, 6) is 2.03. The summed E-state index contributed by atoms with van der Waals surface area (Å²) in [6, 6.07) is 3.31. The van der Waals surface area contributed by atoms with Crippen molar-refractivity contribution in [2.24, 2.45) is 7.05 Å². The zero-order valence-corrected chi connectivity index (χ0v) is 12.3. The van der Waals surface area contributed by atoms with Crippen molar-refractivity contribution < 1.29 is 13.7 Å². The van der Waals surface area contributed by atoms with Crippen LogP contribution >= 0.6 is 11.6 Å². The van der Waals surface area contributed by atoms with Crippen molar-refractivity contribution in [3.8, 4) is 11.5 Å². The number of aromatic nitrogens is 3. The number of aryl methyl sites for hydroxylation is 1. The topological polar surface area (TPSA) is 66.2 Å². The molecule has 0 spiro atoms. The molecule has 2 aromatic rings. The SMILES string of the molecule is Cn1cnnc1CS(=O)c1cc2c(cc1Cl)OCCO2. The van der Waals surface area contributed by atoms with Crippen LogP contribution in [0, 0.1) is 0 Å². The number of ether oxygens (including phenoxy) is 2. The number of halogens is 1. The van der Waals surface area contributed by atoms with Gasteiger partial charge < -0.3 is 14.0 Å². The minimum absolute atomic E-state index is 0.246. The minimum atomic E-state index is -1.32. The van der Waals surface area contributed by atoms with Crippen LogP contribution < -0.4 is 9.47 Å². The van der Waals surface area contributed by atoms with E-state index >= 15 is 0 Å². The molecular weight excluding hydrogens is 302 g/mol. The van der Waals surface area contributed by atoms with E-state index in [0.29, 0.717) is 40.5 Å². The highest BCUT2D eigenvalue weighted by molar-refractivity contribution is 7.84. The molecule has 0 aliphatic carbocycles. The molecule has 0 saturated carbocycles. The second-order valence-corrected chi connectivity index (χ2v) is 6.10. The van der Waals surface area contributed by atoms with Gasteiger partial charge in [-0.2, -0.15) is 0 Å². The molecule has 1 aliphatic heterocycles. The molecule has 2 heterocycles. The molecule has 106 valence electrons. The predicted octanol–water partition coefficient (Wildman–Crippen LogP) is 1.55. The van der Waals surface area contributed by atoms with Crippen LogP contribution in [-0.4, -0.2) is 32.2 Å². The van der Waals surface area contributed by atoms with Gasteiger partial charge in [0.2, 0.25) is 0 Å². The van der Waals surface area contributed by atoms with Gasteiger partial charge in [0.25, 0.3) is 0 Å². The Kier molecular flexibility index (Phi) is 3.62. The third kappa shape index (κ3) is 2.51. The summed E-state index contributed by atoms with van der Waals surface area (Å²) in [4.78, 5) is 0.513. The van der Waals surface area contributed by atoms with E-state index in [0.717, 1.165) is 0 Å². The maximum atomic E-state index is 12.4. The molecule has 20 heavy (non-hydrogen) atoms. The van der Waals surface area contributed by atoms with E-state index in [1.807, 2.05) is 0 Å². The molecule has 0 saturated heterocycles. The third-order valence-corrected chi connectivity index (χ3v) is 4.68. The van der Waals surface area contributed by atoms with Crippen molar-refractivity contribution in [2.75, 3.05) is 13.2 Å². The van der Waals surface area contributed by atoms with E-state index in [1.54, 1.807) is 30.1 Å². The van der Waals surface area contributed by atoms with Crippen LogP contribution in [0.5, 0.6) is 11.5 Å². The molecule has 0 fully saturated rings. The van der Waals surface area contributed by atoms with E-state index in [1.165, 1.54) is 0 Å². The monoisotopic (exact) mass is 313 g/mol. The first kappa shape index (κ1) is 13.4. The molecule has 1 atom stereocenters. The molecule has 0 radical (unpaired) electrons. The summed E-state index contributed by atoms with van der Waals surface area (Å²) < 4.78 is 25.1. The number of hydrogen-bond acceptors (Lipinski definition) is 5. The Morgan fingerprint density at radius 2 is 2.05 bits per heavy atom. The molecule has 0 amide bonds. The number of nitrogens with zero attached hydrogens (tertiary/aromatic N) is 3. The lowest BCUT2D eigenvalue weighted by atomic mass is 10.3. The molecule has 1 unspecified atom stereocenters. The van der Waals surface area contributed by atoms with Crippen molar-refractivity contribution in [1.29, 1.82) is 0 Å². The van der Waals surface area contributed by atoms with Crippen molar-refractivity contribution in [2.45, 2.75) is 10.6 Å². The Bertz CT molecular complexity index is 674. The fraction of sp³-hybridized carbons (Fsp3) is 0.333. The Labute approximate surface area is 123 Å². The van der Waals surface area contributed by atoms with Crippen LogP contribution in [0.4, 0.5) is 0 Å². The van der Waals surface area contributed by atoms with Crippen LogP contribution in [-0.2, 0) is 23.6 Å². The van der Waals surface area contributed by atoms with Crippen LogP contribution in [0.25, 0.3) is 0 Å². The van der Waals surface area contributed by atoms with E-state index in [2.05, 4.69) is 10.2 Å². The average molecular weight is 314 g/mol. The third-order valence-electron chi connectivity index (χ3n) is 2.91. The smallest absolute Gasteiger partial charge is 0.162 e. The molecule has 0 bridgehead atoms. The summed E-state index contributed by atoms with van der Waals surface area (Å²) in [6.07, 6.45) is 1.57. The molecule has 8 heteroatoms. The summed E-state index contributed by atoms with van der Waals surface area (Å²) in [5.41, 5.74) is 0. The minimum Gasteiger partial charge on any atom is -0.486 e. The van der Waals surface area contributed by atoms with E-state index in [-0.39, 0.29) is 5.75 Å². The molecule has 1 aromatic heterocycles. The molecule has 3 rings (SSSR count). The quantitative estimate of drug-likeness (QED) is 0.860. The fourth-order valence-corrected chi connectivity index (χ4v) is 3.43. The Morgan fingerprint density at radius 3 is 2.70 bits per heavy atom. The number of fused-ring (bicyclic) bond motifs is 1. The largest absolute Gasteiger partial charge is 0.486 e. The predicted molar refractivity (Wildman–Crippen MR) is 73.6 cm³/mol. The van der Waals surface area contributed by atoms with Gasteiger partial charge in [-0.25, -0.2) is 0 Å². The normalized spacial score (nSPS) is 15.1. The van der Waals surface area contributed by atoms with Gasteiger partial charge in [-0.05, 0) is 0 Å². The van der Waals surface area contributed by atoms with Crippen LogP contribution in [0.1, 0.15) is 5.82 Å². The maximum absolute atomic E-state index is 12.4. The second kappa shape index (κ2) is 5.41. The van der Waals surface area contributed by atoms with E-state index in [4.69, 9.17) is 21.1 Å². The number of benzene rings is 1. The fourth-order valence-electron chi connectivity index (χ4n) is 1.85. The van der Waals surface area contributed by atoms with Crippen molar-refractivity contribution in [1.82, 2.24) is 14.8 Å². The highest BCUT2D eigenvalue weighted by Crippen LogP contribution is 2.37. The van der Waals surface area contributed by atoms with Gasteiger partial charge in [0.05, 0.1) is 26.5 Å². The Hall–Kier alpha value is -1.60. The molecule has 1 aliphatic rings. The van der Waals surface area contributed by atoms with Crippen molar-refractivity contribution in [3.05, 3.63) is 29.3 Å². The average Bonchev–Trinajstić information content (AvgIpc) is 2.83. The molecule has 6 nitrogen and oxygen atoms in total. The molecular formula is C12H12ClN3O3S. The van der Waals surface area contributed by atoms with E-state index in [9.17, 15) is 4.21 Å². The second-order valence-electron chi connectivity index (χ2n) is 4.27. The maximum Gasteiger partial charge on any atom is 0.162 e. The molecule has 1 aromatic carbocycles. The number of rotatable bonds is 3. The standard InChI is InChI=1S/C12H12ClN3O3S/c1-16-7-14-15-12(16)6-20(17)11-5-10-9(4-8(11)13)18-2-3-19-10/h4-5,7H,2-3,6H2,1H3. The van der Waals surface area contributed by atoms with Crippen molar-refractivity contribution >= 4 is 22.4 Å². The van der Waals surface area contributed by atoms with Crippen LogP contribution in [0.15, 0.2) is 23.4 Å². The summed E-state index contributed by atoms with van der Waals surface area (Å²) >= 11 is 6.16. The first-order valence-corrected chi connectivity index (χ1v) is 7.65. The van der Waals surface area contributed by atoms with Gasteiger partial charge in [0.1, 0.15) is 25.4 Å². The van der Waals surface area contributed by atoms with Gasteiger partial charge in [-0.3, -0.25) is 4.21 Å². The van der Waals surface area contributed by atoms with Gasteiger partial charge in [-0.1, -0.05) is 11.6 Å². The van der Waals surface area contributed by atoms with Crippen LogP contribution in [0.3, 0.4) is 0 Å². The Morgan fingerprint density at radius 1 is 1.35 bits per heavy atom. The highest BCUT2D eigenvalue weighted by Gasteiger charge is 2.19. The summed E-state index contributed by atoms with van der Waals surface area (Å²) in [5, 5.41) is 8.08. The lowest BCUT2D eigenvalue weighted by Gasteiger charge is -2.19. The zero-order valence-electron chi connectivity index (χ0n) is 10.7. The van der Waals surface area contributed by atoms with Gasteiger partial charge >= 0.3 is 0 Å². The lowest BCUT2D eigenvalue weighted by Crippen LogP contribution is -2.15. The van der Waals surface area contributed by atoms with E-state index < -0.39 is 10.8 Å². The molecule has 0 N–H and O–H groups in total. The summed E-state index contributed by atoms with van der Waals surface area (Å²) in [7, 11) is 0.480. The first-order chi connectivity index (χ1) is 9.65. The van der Waals surface area contributed by atoms with Crippen molar-refractivity contribution in [3.63, 3.8) is 0 Å². The van der Waals surface area contributed by atoms with Gasteiger partial charge in [0, 0.05) is 19.2 Å². The summed E-state index contributed by atoms with van der Waals surface area (Å²) in [6.45, 7) is 0.967.